The summed E-state index contributed by atoms with van der Waals surface area (Å²) in [5.41, 5.74) is 3.24. The number of nitrogens with zero attached hydrogens (tertiary/aromatic N) is 5. The van der Waals surface area contributed by atoms with Crippen molar-refractivity contribution < 1.29 is 9.47 Å². The average molecular weight is 513 g/mol. The third-order valence-electron chi connectivity index (χ3n) is 6.90. The molecule has 0 unspecified atom stereocenters. The Labute approximate surface area is 219 Å². The lowest BCUT2D eigenvalue weighted by molar-refractivity contribution is 0.108. The summed E-state index contributed by atoms with van der Waals surface area (Å²) in [5.74, 6) is 2.73. The van der Waals surface area contributed by atoms with Crippen molar-refractivity contribution in [2.45, 2.75) is 31.4 Å². The number of thiophene rings is 1. The Kier molecular flexibility index (Phi) is 6.31. The number of pyridine rings is 1. The minimum absolute atomic E-state index is 0.264. The van der Waals surface area contributed by atoms with E-state index < -0.39 is 0 Å². The molecule has 8 nitrogen and oxygen atoms in total. The van der Waals surface area contributed by atoms with E-state index in [2.05, 4.69) is 39.6 Å². The molecule has 188 valence electrons. The molecule has 0 radical (unpaired) electrons. The first-order valence-electron chi connectivity index (χ1n) is 12.3. The summed E-state index contributed by atoms with van der Waals surface area (Å²) >= 11 is 1.65. The smallest absolute Gasteiger partial charge is 0.213 e. The number of methoxy groups -OCH3 is 2. The lowest BCUT2D eigenvalue weighted by atomic mass is 10.00. The maximum atomic E-state index is 5.64. The molecule has 0 bridgehead atoms. The quantitative estimate of drug-likeness (QED) is 0.294. The topological polar surface area (TPSA) is 87.0 Å². The third-order valence-corrected chi connectivity index (χ3v) is 8.03. The highest BCUT2D eigenvalue weighted by Crippen LogP contribution is 2.47. The fraction of sp³-hybridized carbons (Fsp3) is 0.286. The maximum absolute atomic E-state index is 5.64. The van der Waals surface area contributed by atoms with Crippen molar-refractivity contribution in [2.75, 3.05) is 19.5 Å². The van der Waals surface area contributed by atoms with Gasteiger partial charge in [-0.25, -0.2) is 19.9 Å². The summed E-state index contributed by atoms with van der Waals surface area (Å²) in [6, 6.07) is 14.7. The normalized spacial score (nSPS) is 17.4. The van der Waals surface area contributed by atoms with Gasteiger partial charge < -0.3 is 19.4 Å². The van der Waals surface area contributed by atoms with Crippen molar-refractivity contribution >= 4 is 27.4 Å². The second-order valence-corrected chi connectivity index (χ2v) is 10.2. The van der Waals surface area contributed by atoms with Gasteiger partial charge in [0, 0.05) is 55.3 Å². The first-order valence-corrected chi connectivity index (χ1v) is 13.1. The van der Waals surface area contributed by atoms with Crippen LogP contribution in [0.4, 0.5) is 5.82 Å². The van der Waals surface area contributed by atoms with Crippen LogP contribution in [0.25, 0.3) is 43.4 Å². The number of benzene rings is 1. The van der Waals surface area contributed by atoms with Crippen molar-refractivity contribution in [3.63, 3.8) is 0 Å². The van der Waals surface area contributed by atoms with Crippen molar-refractivity contribution in [3.05, 3.63) is 61.1 Å². The molecule has 6 rings (SSSR count). The standard InChI is InChI=1S/C28H28N6O2S/c1-34-14-13-30-27(34)26-32-25(31-19-9-10-20(16-19)35-2)23-22(17-7-5-4-6-8-17)24(37-28(23)33-26)18-11-12-29-21(15-18)36-3/h4-8,11-15,19-20H,9-10,16H2,1-3H3,(H,31,32,33)/t19-,20+/m1/s1. The van der Waals surface area contributed by atoms with Crippen LogP contribution in [0.1, 0.15) is 19.3 Å². The summed E-state index contributed by atoms with van der Waals surface area (Å²) in [7, 11) is 5.38. The van der Waals surface area contributed by atoms with Crippen molar-refractivity contribution in [1.82, 2.24) is 24.5 Å². The number of rotatable bonds is 7. The molecule has 0 saturated heterocycles. The molecule has 0 amide bonds. The molecule has 4 aromatic heterocycles. The lowest BCUT2D eigenvalue weighted by Crippen LogP contribution is -2.18. The highest BCUT2D eigenvalue weighted by molar-refractivity contribution is 7.22. The summed E-state index contributed by atoms with van der Waals surface area (Å²) in [5, 5.41) is 4.78. The van der Waals surface area contributed by atoms with Crippen LogP contribution in [-0.4, -0.2) is 50.9 Å². The first-order chi connectivity index (χ1) is 18.1. The van der Waals surface area contributed by atoms with Crippen LogP contribution in [0, 0.1) is 0 Å². The highest BCUT2D eigenvalue weighted by atomic mass is 32.1. The summed E-state index contributed by atoms with van der Waals surface area (Å²) in [6.07, 6.45) is 8.73. The van der Waals surface area contributed by atoms with E-state index >= 15 is 0 Å². The van der Waals surface area contributed by atoms with E-state index in [1.807, 2.05) is 36.0 Å². The maximum Gasteiger partial charge on any atom is 0.213 e. The summed E-state index contributed by atoms with van der Waals surface area (Å²) in [4.78, 5) is 20.9. The predicted molar refractivity (Wildman–Crippen MR) is 147 cm³/mol. The lowest BCUT2D eigenvalue weighted by Gasteiger charge is -2.16. The van der Waals surface area contributed by atoms with Gasteiger partial charge >= 0.3 is 0 Å². The highest BCUT2D eigenvalue weighted by Gasteiger charge is 2.28. The van der Waals surface area contributed by atoms with Crippen LogP contribution < -0.4 is 10.1 Å². The molecule has 0 aliphatic heterocycles. The zero-order chi connectivity index (χ0) is 25.4. The molecule has 1 saturated carbocycles. The van der Waals surface area contributed by atoms with E-state index in [1.165, 1.54) is 0 Å². The fourth-order valence-electron chi connectivity index (χ4n) is 5.01. The minimum atomic E-state index is 0.264. The van der Waals surface area contributed by atoms with Gasteiger partial charge in [-0.15, -0.1) is 11.3 Å². The molecule has 1 aliphatic carbocycles. The number of imidazole rings is 1. The average Bonchev–Trinajstić information content (AvgIpc) is 3.67. The second kappa shape index (κ2) is 9.91. The Bertz CT molecular complexity index is 1550. The number of fused-ring (bicyclic) bond motifs is 1. The number of anilines is 1. The molecule has 2 atom stereocenters. The second-order valence-electron chi connectivity index (χ2n) is 9.21. The van der Waals surface area contributed by atoms with Crippen LogP contribution in [0.5, 0.6) is 5.88 Å². The SMILES string of the molecule is COc1cc(-c2sc3nc(-c4nccn4C)nc(N[C@@H]4CC[C@H](OC)C4)c3c2-c2ccccc2)ccn1. The molecule has 1 aliphatic rings. The molecular formula is C28H28N6O2S. The van der Waals surface area contributed by atoms with E-state index in [1.54, 1.807) is 38.0 Å². The molecule has 4 heterocycles. The van der Waals surface area contributed by atoms with E-state index in [0.29, 0.717) is 11.7 Å². The number of ether oxygens (including phenoxy) is 2. The van der Waals surface area contributed by atoms with Gasteiger partial charge in [0.25, 0.3) is 0 Å². The van der Waals surface area contributed by atoms with Crippen molar-refractivity contribution in [3.8, 4) is 39.1 Å². The van der Waals surface area contributed by atoms with Crippen LogP contribution in [0.2, 0.25) is 0 Å². The minimum Gasteiger partial charge on any atom is -0.481 e. The van der Waals surface area contributed by atoms with Gasteiger partial charge in [-0.3, -0.25) is 0 Å². The Morgan fingerprint density at radius 1 is 1.00 bits per heavy atom. The molecule has 0 spiro atoms. The molecule has 5 aromatic rings. The predicted octanol–water partition coefficient (Wildman–Crippen LogP) is 5.81. The van der Waals surface area contributed by atoms with Gasteiger partial charge in [0.1, 0.15) is 10.6 Å². The first kappa shape index (κ1) is 23.6. The zero-order valence-electron chi connectivity index (χ0n) is 21.0. The zero-order valence-corrected chi connectivity index (χ0v) is 21.8. The van der Waals surface area contributed by atoms with Gasteiger partial charge in [0.2, 0.25) is 5.88 Å². The van der Waals surface area contributed by atoms with Crippen molar-refractivity contribution in [2.24, 2.45) is 7.05 Å². The monoisotopic (exact) mass is 512 g/mol. The Morgan fingerprint density at radius 3 is 2.59 bits per heavy atom. The van der Waals surface area contributed by atoms with E-state index in [4.69, 9.17) is 19.4 Å². The van der Waals surface area contributed by atoms with Gasteiger partial charge in [-0.2, -0.15) is 0 Å². The van der Waals surface area contributed by atoms with Crippen LogP contribution in [0.15, 0.2) is 61.1 Å². The van der Waals surface area contributed by atoms with Crippen LogP contribution in [0.3, 0.4) is 0 Å². The van der Waals surface area contributed by atoms with Gasteiger partial charge in [0.05, 0.1) is 18.6 Å². The number of aryl methyl sites for hydroxylation is 1. The Balaban J connectivity index is 1.61. The molecule has 1 aromatic carbocycles. The van der Waals surface area contributed by atoms with Gasteiger partial charge in [0.15, 0.2) is 11.6 Å². The van der Waals surface area contributed by atoms with Gasteiger partial charge in [-0.1, -0.05) is 30.3 Å². The van der Waals surface area contributed by atoms with Crippen LogP contribution >= 0.6 is 11.3 Å². The van der Waals surface area contributed by atoms with Gasteiger partial charge in [-0.05, 0) is 36.5 Å². The number of hydrogen-bond donors (Lipinski definition) is 1. The molecule has 9 heteroatoms. The number of nitrogens with one attached hydrogen (secondary N) is 1. The van der Waals surface area contributed by atoms with E-state index in [-0.39, 0.29) is 12.1 Å². The third kappa shape index (κ3) is 4.45. The summed E-state index contributed by atoms with van der Waals surface area (Å²) < 4.78 is 13.0. The van der Waals surface area contributed by atoms with Crippen molar-refractivity contribution in [1.29, 1.82) is 0 Å². The van der Waals surface area contributed by atoms with Crippen LogP contribution in [-0.2, 0) is 11.8 Å². The number of aromatic nitrogens is 5. The molecule has 1 N–H and O–H groups in total. The Morgan fingerprint density at radius 2 is 1.86 bits per heavy atom. The largest absolute Gasteiger partial charge is 0.481 e. The molecule has 1 fully saturated rings. The fourth-order valence-corrected chi connectivity index (χ4v) is 6.20. The molecule has 37 heavy (non-hydrogen) atoms. The molecular weight excluding hydrogens is 484 g/mol. The Hall–Kier alpha value is -3.82. The summed E-state index contributed by atoms with van der Waals surface area (Å²) in [6.45, 7) is 0. The van der Waals surface area contributed by atoms with E-state index in [9.17, 15) is 0 Å². The van der Waals surface area contributed by atoms with E-state index in [0.717, 1.165) is 62.7 Å². The number of hydrogen-bond acceptors (Lipinski definition) is 8.